The molecule has 152 valence electrons. The second kappa shape index (κ2) is 11.5. The molecule has 3 rings (SSSR count). The maximum Gasteiger partial charge on any atom is 0.194 e. The number of aliphatic hydroxyl groups excluding tert-OH is 1. The van der Waals surface area contributed by atoms with E-state index in [0.717, 1.165) is 36.6 Å². The fourth-order valence-corrected chi connectivity index (χ4v) is 3.28. The van der Waals surface area contributed by atoms with Gasteiger partial charge in [-0.15, -0.1) is 24.0 Å². The third-order valence-corrected chi connectivity index (χ3v) is 4.85. The molecular weight excluding hydrogens is 489 g/mol. The minimum Gasteiger partial charge on any atom is -0.487 e. The number of nitrogens with one attached hydrogen (secondary N) is 1. The van der Waals surface area contributed by atoms with Gasteiger partial charge in [-0.05, 0) is 36.6 Å². The molecular formula is C21H27ClIN3O2. The molecule has 1 saturated heterocycles. The van der Waals surface area contributed by atoms with Gasteiger partial charge in [0.15, 0.2) is 5.96 Å². The summed E-state index contributed by atoms with van der Waals surface area (Å²) in [5.74, 6) is 1.52. The molecule has 0 radical (unpaired) electrons. The molecule has 1 atom stereocenters. The number of ether oxygens (including phenoxy) is 1. The number of hydrogen-bond donors (Lipinski definition) is 2. The molecule has 2 aromatic carbocycles. The minimum absolute atomic E-state index is 0. The van der Waals surface area contributed by atoms with Crippen LogP contribution in [0.5, 0.6) is 5.75 Å². The van der Waals surface area contributed by atoms with E-state index < -0.39 is 0 Å². The van der Waals surface area contributed by atoms with E-state index in [1.165, 1.54) is 0 Å². The number of aliphatic imine (C=N–C) groups is 1. The Balaban J connectivity index is 0.00000280. The molecule has 5 nitrogen and oxygen atoms in total. The van der Waals surface area contributed by atoms with Crippen LogP contribution in [0.2, 0.25) is 5.02 Å². The SMILES string of the molecule is CCNC(=NCc1ccccc1COc1ccccc1Cl)N1CC[C@@H](O)C1.I. The first-order valence-corrected chi connectivity index (χ1v) is 9.70. The van der Waals surface area contributed by atoms with Crippen LogP contribution in [-0.4, -0.2) is 41.7 Å². The third kappa shape index (κ3) is 6.25. The Morgan fingerprint density at radius 3 is 2.61 bits per heavy atom. The lowest BCUT2D eigenvalue weighted by Gasteiger charge is -2.21. The number of hydrogen-bond acceptors (Lipinski definition) is 3. The maximum absolute atomic E-state index is 9.79. The lowest BCUT2D eigenvalue weighted by molar-refractivity contribution is 0.188. The van der Waals surface area contributed by atoms with E-state index >= 15 is 0 Å². The topological polar surface area (TPSA) is 57.1 Å². The quantitative estimate of drug-likeness (QED) is 0.346. The van der Waals surface area contributed by atoms with Gasteiger partial charge in [0.25, 0.3) is 0 Å². The number of para-hydroxylation sites is 1. The Bertz CT molecular complexity index is 788. The highest BCUT2D eigenvalue weighted by atomic mass is 127. The summed E-state index contributed by atoms with van der Waals surface area (Å²) in [4.78, 5) is 6.88. The van der Waals surface area contributed by atoms with Crippen LogP contribution < -0.4 is 10.1 Å². The van der Waals surface area contributed by atoms with Crippen molar-refractivity contribution in [3.8, 4) is 5.75 Å². The highest BCUT2D eigenvalue weighted by molar-refractivity contribution is 14.0. The molecule has 0 amide bonds. The third-order valence-electron chi connectivity index (χ3n) is 4.54. The van der Waals surface area contributed by atoms with Gasteiger partial charge in [-0.25, -0.2) is 4.99 Å². The van der Waals surface area contributed by atoms with Crippen molar-refractivity contribution in [3.63, 3.8) is 0 Å². The van der Waals surface area contributed by atoms with Crippen LogP contribution in [0, 0.1) is 0 Å². The van der Waals surface area contributed by atoms with E-state index in [0.29, 0.717) is 30.5 Å². The van der Waals surface area contributed by atoms with Crippen LogP contribution in [0.25, 0.3) is 0 Å². The zero-order valence-electron chi connectivity index (χ0n) is 16.0. The Morgan fingerprint density at radius 2 is 1.93 bits per heavy atom. The van der Waals surface area contributed by atoms with Gasteiger partial charge in [-0.1, -0.05) is 48.0 Å². The van der Waals surface area contributed by atoms with E-state index in [1.807, 2.05) is 49.4 Å². The van der Waals surface area contributed by atoms with E-state index in [9.17, 15) is 5.11 Å². The monoisotopic (exact) mass is 515 g/mol. The first-order valence-electron chi connectivity index (χ1n) is 9.32. The summed E-state index contributed by atoms with van der Waals surface area (Å²) < 4.78 is 5.89. The van der Waals surface area contributed by atoms with Gasteiger partial charge in [-0.2, -0.15) is 0 Å². The number of rotatable bonds is 6. The fourth-order valence-electron chi connectivity index (χ4n) is 3.09. The molecule has 28 heavy (non-hydrogen) atoms. The molecule has 0 spiro atoms. The molecule has 1 heterocycles. The number of aliphatic hydroxyl groups is 1. The van der Waals surface area contributed by atoms with Crippen LogP contribution in [0.1, 0.15) is 24.5 Å². The fraction of sp³-hybridized carbons (Fsp3) is 0.381. The molecule has 7 heteroatoms. The summed E-state index contributed by atoms with van der Waals surface area (Å²) >= 11 is 6.17. The molecule has 0 unspecified atom stereocenters. The normalized spacial score (nSPS) is 16.6. The van der Waals surface area contributed by atoms with E-state index in [1.54, 1.807) is 0 Å². The zero-order valence-corrected chi connectivity index (χ0v) is 19.1. The number of guanidine groups is 1. The number of β-amino-alcohol motifs (C(OH)–C–C–N with tert-alkyl or cyclic N) is 1. The second-order valence-corrected chi connectivity index (χ2v) is 6.95. The average molecular weight is 516 g/mol. The molecule has 2 N–H and O–H groups in total. The number of benzene rings is 2. The number of halogens is 2. The van der Waals surface area contributed by atoms with Crippen molar-refractivity contribution < 1.29 is 9.84 Å². The molecule has 0 aliphatic carbocycles. The van der Waals surface area contributed by atoms with Crippen LogP contribution in [0.4, 0.5) is 0 Å². The lowest BCUT2D eigenvalue weighted by atomic mass is 10.1. The van der Waals surface area contributed by atoms with Crippen molar-refractivity contribution in [2.45, 2.75) is 32.6 Å². The summed E-state index contributed by atoms with van der Waals surface area (Å²) in [5, 5.41) is 13.7. The van der Waals surface area contributed by atoms with Crippen LogP contribution in [-0.2, 0) is 13.2 Å². The van der Waals surface area contributed by atoms with Crippen LogP contribution in [0.15, 0.2) is 53.5 Å². The number of likely N-dealkylation sites (tertiary alicyclic amines) is 1. The van der Waals surface area contributed by atoms with Crippen LogP contribution >= 0.6 is 35.6 Å². The highest BCUT2D eigenvalue weighted by Gasteiger charge is 2.22. The Morgan fingerprint density at radius 1 is 1.21 bits per heavy atom. The van der Waals surface area contributed by atoms with Crippen molar-refractivity contribution in [2.75, 3.05) is 19.6 Å². The Labute approximate surface area is 188 Å². The smallest absolute Gasteiger partial charge is 0.194 e. The summed E-state index contributed by atoms with van der Waals surface area (Å²) in [5.41, 5.74) is 2.19. The van der Waals surface area contributed by atoms with Gasteiger partial charge in [0.1, 0.15) is 12.4 Å². The van der Waals surface area contributed by atoms with E-state index in [-0.39, 0.29) is 30.1 Å². The summed E-state index contributed by atoms with van der Waals surface area (Å²) in [6.07, 6.45) is 0.511. The van der Waals surface area contributed by atoms with Gasteiger partial charge in [0.05, 0.1) is 17.7 Å². The first kappa shape index (κ1) is 22.8. The zero-order chi connectivity index (χ0) is 19.1. The minimum atomic E-state index is -0.273. The van der Waals surface area contributed by atoms with Crippen molar-refractivity contribution >= 4 is 41.5 Å². The predicted molar refractivity (Wildman–Crippen MR) is 125 cm³/mol. The van der Waals surface area contributed by atoms with Gasteiger partial charge < -0.3 is 20.1 Å². The van der Waals surface area contributed by atoms with Gasteiger partial charge >= 0.3 is 0 Å². The van der Waals surface area contributed by atoms with E-state index in [2.05, 4.69) is 16.3 Å². The predicted octanol–water partition coefficient (Wildman–Crippen LogP) is 4.07. The van der Waals surface area contributed by atoms with Crippen LogP contribution in [0.3, 0.4) is 0 Å². The molecule has 1 aliphatic heterocycles. The van der Waals surface area contributed by atoms with Crippen molar-refractivity contribution in [1.29, 1.82) is 0 Å². The van der Waals surface area contributed by atoms with Crippen molar-refractivity contribution in [2.24, 2.45) is 4.99 Å². The van der Waals surface area contributed by atoms with Gasteiger partial charge in [0.2, 0.25) is 0 Å². The standard InChI is InChI=1S/C21H26ClN3O2.HI/c1-2-23-21(25-12-11-18(26)14-25)24-13-16-7-3-4-8-17(16)15-27-20-10-6-5-9-19(20)22;/h3-10,18,26H,2,11-15H2,1H3,(H,23,24);1H/t18-;/m1./s1. The maximum atomic E-state index is 9.79. The van der Waals surface area contributed by atoms with E-state index in [4.69, 9.17) is 21.3 Å². The highest BCUT2D eigenvalue weighted by Crippen LogP contribution is 2.24. The first-order chi connectivity index (χ1) is 13.2. The van der Waals surface area contributed by atoms with Gasteiger partial charge in [0, 0.05) is 19.6 Å². The second-order valence-electron chi connectivity index (χ2n) is 6.55. The molecule has 2 aromatic rings. The molecule has 0 saturated carbocycles. The number of nitrogens with zero attached hydrogens (tertiary/aromatic N) is 2. The Kier molecular flexibility index (Phi) is 9.34. The molecule has 1 aliphatic rings. The van der Waals surface area contributed by atoms with Crippen molar-refractivity contribution in [3.05, 3.63) is 64.7 Å². The molecule has 0 bridgehead atoms. The van der Waals surface area contributed by atoms with Gasteiger partial charge in [-0.3, -0.25) is 0 Å². The largest absolute Gasteiger partial charge is 0.487 e. The molecule has 1 fully saturated rings. The molecule has 0 aromatic heterocycles. The average Bonchev–Trinajstić information content (AvgIpc) is 3.11. The summed E-state index contributed by atoms with van der Waals surface area (Å²) in [7, 11) is 0. The lowest BCUT2D eigenvalue weighted by Crippen LogP contribution is -2.40. The van der Waals surface area contributed by atoms with Crippen molar-refractivity contribution in [1.82, 2.24) is 10.2 Å². The summed E-state index contributed by atoms with van der Waals surface area (Å²) in [6.45, 7) is 5.29. The summed E-state index contributed by atoms with van der Waals surface area (Å²) in [6, 6.07) is 15.6. The Hall–Kier alpha value is -1.51.